The molecule has 2 aromatic heterocycles. The van der Waals surface area contributed by atoms with Crippen molar-refractivity contribution >= 4 is 16.9 Å². The summed E-state index contributed by atoms with van der Waals surface area (Å²) in [6, 6.07) is 17.3. The van der Waals surface area contributed by atoms with Crippen LogP contribution in [0.15, 0.2) is 54.6 Å². The van der Waals surface area contributed by atoms with Crippen LogP contribution in [-0.2, 0) is 50.8 Å². The third kappa shape index (κ3) is 4.87. The van der Waals surface area contributed by atoms with E-state index in [4.69, 9.17) is 9.47 Å². The molecule has 0 atom stereocenters. The standard InChI is InChI=1S/C36H36FN3O4/c1-22-32-30(39(2)38-22)21-43-20-25-11-4-3-10-24(25)19-40-34-28(16-17-29(37)33(32)34)27(35(40)36(41)42)14-8-18-44-31-15-7-12-23-9-5-6-13-26(23)31/h3-4,7,10-12,15-17H,5-6,8-9,13-14,18-21H2,1-2H3,(H,41,42). The molecule has 2 aliphatic rings. The number of benzene rings is 3. The molecule has 1 N–H and O–H groups in total. The molecule has 0 fully saturated rings. The molecule has 0 amide bonds. The normalized spacial score (nSPS) is 14.4. The third-order valence-corrected chi connectivity index (χ3v) is 9.20. The Hall–Kier alpha value is -4.43. The molecule has 1 aliphatic carbocycles. The number of carbonyl (C=O) groups is 1. The zero-order valence-corrected chi connectivity index (χ0v) is 25.2. The number of carboxylic acids is 1. The summed E-state index contributed by atoms with van der Waals surface area (Å²) >= 11 is 0. The molecule has 3 heterocycles. The molecule has 0 unspecified atom stereocenters. The van der Waals surface area contributed by atoms with Crippen LogP contribution in [0.2, 0.25) is 0 Å². The van der Waals surface area contributed by atoms with Crippen molar-refractivity contribution in [3.63, 3.8) is 0 Å². The van der Waals surface area contributed by atoms with Crippen LogP contribution in [0.25, 0.3) is 22.0 Å². The lowest BCUT2D eigenvalue weighted by atomic mass is 9.91. The number of rotatable bonds is 6. The van der Waals surface area contributed by atoms with Crippen LogP contribution >= 0.6 is 0 Å². The van der Waals surface area contributed by atoms with Gasteiger partial charge < -0.3 is 19.1 Å². The smallest absolute Gasteiger partial charge is 0.352 e. The van der Waals surface area contributed by atoms with E-state index in [0.717, 1.165) is 40.8 Å². The van der Waals surface area contributed by atoms with Gasteiger partial charge in [0.2, 0.25) is 0 Å². The highest BCUT2D eigenvalue weighted by Gasteiger charge is 2.30. The fourth-order valence-electron chi connectivity index (χ4n) is 7.18. The average molecular weight is 594 g/mol. The molecule has 8 heteroatoms. The lowest BCUT2D eigenvalue weighted by molar-refractivity contribution is 0.0684. The number of aromatic carboxylic acids is 1. The summed E-state index contributed by atoms with van der Waals surface area (Å²) in [6.45, 7) is 3.19. The van der Waals surface area contributed by atoms with Gasteiger partial charge in [0.25, 0.3) is 0 Å². The number of aromatic nitrogens is 3. The van der Waals surface area contributed by atoms with Crippen molar-refractivity contribution < 1.29 is 23.8 Å². The molecule has 3 aromatic carbocycles. The van der Waals surface area contributed by atoms with Gasteiger partial charge >= 0.3 is 5.97 Å². The Morgan fingerprint density at radius 3 is 2.64 bits per heavy atom. The van der Waals surface area contributed by atoms with E-state index < -0.39 is 11.8 Å². The third-order valence-electron chi connectivity index (χ3n) is 9.20. The van der Waals surface area contributed by atoms with E-state index in [0.29, 0.717) is 54.0 Å². The monoisotopic (exact) mass is 593 g/mol. The maximum atomic E-state index is 16.1. The molecule has 0 radical (unpaired) electrons. The number of aryl methyl sites for hydroxylation is 4. The lowest BCUT2D eigenvalue weighted by Gasteiger charge is -2.19. The molecule has 7 rings (SSSR count). The number of fused-ring (bicyclic) bond motifs is 4. The Balaban J connectivity index is 1.35. The minimum atomic E-state index is -1.03. The Kier molecular flexibility index (Phi) is 7.46. The van der Waals surface area contributed by atoms with Gasteiger partial charge in [0, 0.05) is 30.1 Å². The van der Waals surface area contributed by atoms with Crippen molar-refractivity contribution in [2.45, 2.75) is 65.2 Å². The zero-order valence-electron chi connectivity index (χ0n) is 25.2. The van der Waals surface area contributed by atoms with Crippen molar-refractivity contribution in [3.05, 3.63) is 105 Å². The molecule has 0 saturated carbocycles. The van der Waals surface area contributed by atoms with Crippen LogP contribution in [-0.4, -0.2) is 32.0 Å². The minimum absolute atomic E-state index is 0.182. The second-order valence-electron chi connectivity index (χ2n) is 11.9. The summed E-state index contributed by atoms with van der Waals surface area (Å²) in [6.07, 6.45) is 5.59. The highest BCUT2D eigenvalue weighted by atomic mass is 19.1. The van der Waals surface area contributed by atoms with Crippen molar-refractivity contribution in [3.8, 4) is 16.9 Å². The van der Waals surface area contributed by atoms with E-state index >= 15 is 4.39 Å². The molecular formula is C36H36FN3O4. The number of hydrogen-bond acceptors (Lipinski definition) is 4. The van der Waals surface area contributed by atoms with Gasteiger partial charge in [-0.1, -0.05) is 36.4 Å². The molecule has 7 nitrogen and oxygen atoms in total. The van der Waals surface area contributed by atoms with E-state index in [9.17, 15) is 9.90 Å². The summed E-state index contributed by atoms with van der Waals surface area (Å²) in [5.74, 6) is -0.519. The number of ether oxygens (including phenoxy) is 2. The first-order valence-electron chi connectivity index (χ1n) is 15.4. The van der Waals surface area contributed by atoms with E-state index in [1.54, 1.807) is 15.3 Å². The zero-order chi connectivity index (χ0) is 30.4. The first-order chi connectivity index (χ1) is 21.4. The molecule has 5 aromatic rings. The summed E-state index contributed by atoms with van der Waals surface area (Å²) in [4.78, 5) is 13.1. The number of halogens is 1. The second-order valence-corrected chi connectivity index (χ2v) is 11.9. The van der Waals surface area contributed by atoms with E-state index in [1.165, 1.54) is 30.0 Å². The average Bonchev–Trinajstić information content (AvgIpc) is 3.47. The summed E-state index contributed by atoms with van der Waals surface area (Å²) in [5.41, 5.74) is 8.45. The molecule has 44 heavy (non-hydrogen) atoms. The maximum absolute atomic E-state index is 16.1. The molecule has 0 bridgehead atoms. The quantitative estimate of drug-likeness (QED) is 0.212. The molecule has 1 aliphatic heterocycles. The summed E-state index contributed by atoms with van der Waals surface area (Å²) in [7, 11) is 1.83. The van der Waals surface area contributed by atoms with Crippen LogP contribution in [0.5, 0.6) is 5.75 Å². The van der Waals surface area contributed by atoms with Crippen molar-refractivity contribution in [2.75, 3.05) is 6.61 Å². The van der Waals surface area contributed by atoms with Crippen molar-refractivity contribution in [2.24, 2.45) is 7.05 Å². The van der Waals surface area contributed by atoms with Crippen LogP contribution < -0.4 is 4.74 Å². The number of hydrogen-bond donors (Lipinski definition) is 1. The molecule has 226 valence electrons. The van der Waals surface area contributed by atoms with Gasteiger partial charge in [0.1, 0.15) is 17.3 Å². The summed E-state index contributed by atoms with van der Waals surface area (Å²) in [5, 5.41) is 16.0. The van der Waals surface area contributed by atoms with Crippen LogP contribution in [0.1, 0.15) is 69.0 Å². The Morgan fingerprint density at radius 1 is 1.00 bits per heavy atom. The first-order valence-corrected chi connectivity index (χ1v) is 15.4. The summed E-state index contributed by atoms with van der Waals surface area (Å²) < 4.78 is 32.0. The van der Waals surface area contributed by atoms with Gasteiger partial charge in [-0.15, -0.1) is 0 Å². The fourth-order valence-corrected chi connectivity index (χ4v) is 7.18. The Bertz CT molecular complexity index is 1900. The largest absolute Gasteiger partial charge is 0.493 e. The first kappa shape index (κ1) is 28.3. The second kappa shape index (κ2) is 11.6. The minimum Gasteiger partial charge on any atom is -0.493 e. The highest BCUT2D eigenvalue weighted by molar-refractivity contribution is 6.04. The van der Waals surface area contributed by atoms with E-state index in [-0.39, 0.29) is 18.8 Å². The highest BCUT2D eigenvalue weighted by Crippen LogP contribution is 2.41. The number of nitrogens with zero attached hydrogens (tertiary/aromatic N) is 3. The van der Waals surface area contributed by atoms with Gasteiger partial charge in [0.15, 0.2) is 0 Å². The van der Waals surface area contributed by atoms with E-state index in [2.05, 4.69) is 17.2 Å². The Labute approximate surface area is 255 Å². The van der Waals surface area contributed by atoms with E-state index in [1.807, 2.05) is 44.3 Å². The predicted molar refractivity (Wildman–Crippen MR) is 167 cm³/mol. The molecular weight excluding hydrogens is 557 g/mol. The van der Waals surface area contributed by atoms with Crippen LogP contribution in [0, 0.1) is 12.7 Å². The van der Waals surface area contributed by atoms with Gasteiger partial charge in [-0.2, -0.15) is 5.10 Å². The van der Waals surface area contributed by atoms with Crippen LogP contribution in [0.3, 0.4) is 0 Å². The van der Waals surface area contributed by atoms with Gasteiger partial charge in [-0.25, -0.2) is 9.18 Å². The maximum Gasteiger partial charge on any atom is 0.352 e. The Morgan fingerprint density at radius 2 is 1.80 bits per heavy atom. The van der Waals surface area contributed by atoms with Crippen molar-refractivity contribution in [1.82, 2.24) is 14.3 Å². The fraction of sp³-hybridized carbons (Fsp3) is 0.333. The molecule has 0 spiro atoms. The molecule has 0 saturated heterocycles. The number of carboxylic acid groups (broad SMARTS) is 1. The lowest BCUT2D eigenvalue weighted by Crippen LogP contribution is -2.13. The van der Waals surface area contributed by atoms with Crippen LogP contribution in [0.4, 0.5) is 4.39 Å². The topological polar surface area (TPSA) is 78.5 Å². The van der Waals surface area contributed by atoms with Gasteiger partial charge in [0.05, 0.1) is 36.7 Å². The SMILES string of the molecule is Cc1nn(C)c2c1-c1c(F)ccc3c(CCCOc4cccc5c4CCCC5)c(C(=O)O)n(c13)Cc1ccccc1COC2. The van der Waals surface area contributed by atoms with Crippen molar-refractivity contribution in [1.29, 1.82) is 0 Å². The predicted octanol–water partition coefficient (Wildman–Crippen LogP) is 7.16. The van der Waals surface area contributed by atoms with Gasteiger partial charge in [-0.05, 0) is 91.5 Å². The van der Waals surface area contributed by atoms with Gasteiger partial charge in [-0.3, -0.25) is 4.68 Å².